The molecule has 0 aliphatic heterocycles. The van der Waals surface area contributed by atoms with Crippen molar-refractivity contribution < 1.29 is 19.3 Å². The van der Waals surface area contributed by atoms with Crippen LogP contribution >= 0.6 is 0 Å². The summed E-state index contributed by atoms with van der Waals surface area (Å²) >= 11 is 0. The zero-order valence-corrected chi connectivity index (χ0v) is 11.6. The maximum absolute atomic E-state index is 8.71. The molecule has 1 N–H and O–H groups in total. The summed E-state index contributed by atoms with van der Waals surface area (Å²) in [4.78, 5) is 0. The van der Waals surface area contributed by atoms with Crippen molar-refractivity contribution in [3.05, 3.63) is 0 Å². The predicted octanol–water partition coefficient (Wildman–Crippen LogP) is 1.99. The molecule has 0 spiro atoms. The molecule has 0 aromatic heterocycles. The van der Waals surface area contributed by atoms with Gasteiger partial charge in [-0.2, -0.15) is 0 Å². The molecule has 0 saturated heterocycles. The quantitative estimate of drug-likeness (QED) is 0.568. The third kappa shape index (κ3) is 12.1. The molecule has 0 rings (SSSR count). The Morgan fingerprint density at radius 3 is 1.88 bits per heavy atom. The molecule has 0 heterocycles. The summed E-state index contributed by atoms with van der Waals surface area (Å²) in [6, 6.07) is 0. The highest BCUT2D eigenvalue weighted by Crippen LogP contribution is 2.02. The summed E-state index contributed by atoms with van der Waals surface area (Å²) in [7, 11) is 0. The number of ether oxygens (including phenoxy) is 3. The number of aliphatic hydroxyl groups excluding tert-OH is 1. The van der Waals surface area contributed by atoms with Crippen molar-refractivity contribution in [1.82, 2.24) is 0 Å². The molecule has 0 aliphatic carbocycles. The second-order valence-corrected chi connectivity index (χ2v) is 4.58. The maximum atomic E-state index is 8.71. The summed E-state index contributed by atoms with van der Waals surface area (Å²) in [5.74, 6) is 0. The van der Waals surface area contributed by atoms with Crippen LogP contribution in [0, 0.1) is 0 Å². The normalized spacial score (nSPS) is 15.2. The van der Waals surface area contributed by atoms with Gasteiger partial charge in [0.2, 0.25) is 0 Å². The topological polar surface area (TPSA) is 47.9 Å². The van der Waals surface area contributed by atoms with Crippen molar-refractivity contribution in [2.75, 3.05) is 26.4 Å². The Balaban J connectivity index is 3.31. The van der Waals surface area contributed by atoms with E-state index in [4.69, 9.17) is 19.3 Å². The molecule has 0 bridgehead atoms. The molecular formula is C13H28O4. The average molecular weight is 248 g/mol. The number of hydrogen-bond acceptors (Lipinski definition) is 4. The van der Waals surface area contributed by atoms with Gasteiger partial charge in [0.25, 0.3) is 0 Å². The first-order valence-electron chi connectivity index (χ1n) is 6.52. The fourth-order valence-electron chi connectivity index (χ4n) is 1.32. The Morgan fingerprint density at radius 2 is 1.29 bits per heavy atom. The van der Waals surface area contributed by atoms with Crippen molar-refractivity contribution >= 4 is 0 Å². The second kappa shape index (κ2) is 11.0. The molecular weight excluding hydrogens is 220 g/mol. The van der Waals surface area contributed by atoms with E-state index in [2.05, 4.69) is 0 Å². The van der Waals surface area contributed by atoms with Crippen LogP contribution in [0.15, 0.2) is 0 Å². The third-order valence-electron chi connectivity index (χ3n) is 2.40. The molecule has 0 aromatic carbocycles. The van der Waals surface area contributed by atoms with E-state index in [-0.39, 0.29) is 24.9 Å². The minimum Gasteiger partial charge on any atom is -0.396 e. The Labute approximate surface area is 105 Å². The fraction of sp³-hybridized carbons (Fsp3) is 1.00. The van der Waals surface area contributed by atoms with Crippen LogP contribution in [0.4, 0.5) is 0 Å². The van der Waals surface area contributed by atoms with E-state index >= 15 is 0 Å². The van der Waals surface area contributed by atoms with Gasteiger partial charge in [-0.15, -0.1) is 0 Å². The monoisotopic (exact) mass is 248 g/mol. The standard InChI is InChI=1S/C13H28O4/c1-11(2)15-9-10-17-13(4)6-8-16-12(3)5-7-14/h11-14H,5-10H2,1-4H3/t12-,13?/m1/s1. The second-order valence-electron chi connectivity index (χ2n) is 4.58. The summed E-state index contributed by atoms with van der Waals surface area (Å²) in [5.41, 5.74) is 0. The number of rotatable bonds is 11. The van der Waals surface area contributed by atoms with Crippen LogP contribution in [0.25, 0.3) is 0 Å². The zero-order valence-electron chi connectivity index (χ0n) is 11.6. The smallest absolute Gasteiger partial charge is 0.0704 e. The Kier molecular flexibility index (Phi) is 10.9. The van der Waals surface area contributed by atoms with Gasteiger partial charge in [0.1, 0.15) is 0 Å². The molecule has 0 saturated carbocycles. The van der Waals surface area contributed by atoms with E-state index in [1.54, 1.807) is 0 Å². The van der Waals surface area contributed by atoms with Crippen molar-refractivity contribution in [3.8, 4) is 0 Å². The summed E-state index contributed by atoms with van der Waals surface area (Å²) in [5, 5.41) is 8.71. The van der Waals surface area contributed by atoms with Gasteiger partial charge in [-0.05, 0) is 40.5 Å². The molecule has 0 amide bonds. The van der Waals surface area contributed by atoms with Crippen molar-refractivity contribution in [1.29, 1.82) is 0 Å². The van der Waals surface area contributed by atoms with Gasteiger partial charge >= 0.3 is 0 Å². The number of hydrogen-bond donors (Lipinski definition) is 1. The lowest BCUT2D eigenvalue weighted by molar-refractivity contribution is -0.0260. The van der Waals surface area contributed by atoms with Crippen molar-refractivity contribution in [2.45, 2.75) is 58.8 Å². The van der Waals surface area contributed by atoms with Gasteiger partial charge in [-0.3, -0.25) is 0 Å². The van der Waals surface area contributed by atoms with Crippen molar-refractivity contribution in [3.63, 3.8) is 0 Å². The van der Waals surface area contributed by atoms with E-state index in [1.165, 1.54) is 0 Å². The van der Waals surface area contributed by atoms with Crippen LogP contribution in [0.2, 0.25) is 0 Å². The zero-order chi connectivity index (χ0) is 13.1. The van der Waals surface area contributed by atoms with Gasteiger partial charge < -0.3 is 19.3 Å². The summed E-state index contributed by atoms with van der Waals surface area (Å²) < 4.78 is 16.5. The molecule has 4 nitrogen and oxygen atoms in total. The minimum absolute atomic E-state index is 0.122. The lowest BCUT2D eigenvalue weighted by Crippen LogP contribution is -2.18. The summed E-state index contributed by atoms with van der Waals surface area (Å²) in [6.07, 6.45) is 2.13. The Hall–Kier alpha value is -0.160. The van der Waals surface area contributed by atoms with E-state index < -0.39 is 0 Å². The minimum atomic E-state index is 0.122. The van der Waals surface area contributed by atoms with E-state index in [1.807, 2.05) is 27.7 Å². The van der Waals surface area contributed by atoms with Crippen molar-refractivity contribution in [2.24, 2.45) is 0 Å². The Morgan fingerprint density at radius 1 is 0.765 bits per heavy atom. The lowest BCUT2D eigenvalue weighted by atomic mass is 10.3. The summed E-state index contributed by atoms with van der Waals surface area (Å²) in [6.45, 7) is 10.2. The van der Waals surface area contributed by atoms with Gasteiger partial charge in [-0.25, -0.2) is 0 Å². The van der Waals surface area contributed by atoms with Gasteiger partial charge in [0.15, 0.2) is 0 Å². The number of aliphatic hydroxyl groups is 1. The first kappa shape index (κ1) is 16.8. The van der Waals surface area contributed by atoms with Gasteiger partial charge in [0, 0.05) is 13.2 Å². The van der Waals surface area contributed by atoms with Crippen LogP contribution in [0.5, 0.6) is 0 Å². The molecule has 2 atom stereocenters. The van der Waals surface area contributed by atoms with Crippen LogP contribution < -0.4 is 0 Å². The highest BCUT2D eigenvalue weighted by Gasteiger charge is 2.05. The molecule has 0 aromatic rings. The molecule has 4 heteroatoms. The molecule has 104 valence electrons. The molecule has 0 aliphatic rings. The first-order valence-corrected chi connectivity index (χ1v) is 6.52. The molecule has 1 unspecified atom stereocenters. The highest BCUT2D eigenvalue weighted by atomic mass is 16.5. The van der Waals surface area contributed by atoms with E-state index in [0.29, 0.717) is 26.2 Å². The van der Waals surface area contributed by atoms with Crippen LogP contribution in [0.3, 0.4) is 0 Å². The first-order chi connectivity index (χ1) is 8.06. The largest absolute Gasteiger partial charge is 0.396 e. The molecule has 0 fully saturated rings. The SMILES string of the molecule is CC(C)OCCOC(C)CCO[C@H](C)CCO. The molecule has 0 radical (unpaired) electrons. The van der Waals surface area contributed by atoms with E-state index in [0.717, 1.165) is 6.42 Å². The average Bonchev–Trinajstić information content (AvgIpc) is 2.24. The van der Waals surface area contributed by atoms with Gasteiger partial charge in [0.05, 0.1) is 31.5 Å². The Bertz CT molecular complexity index is 161. The highest BCUT2D eigenvalue weighted by molar-refractivity contribution is 4.53. The van der Waals surface area contributed by atoms with Crippen LogP contribution in [-0.4, -0.2) is 49.8 Å². The lowest BCUT2D eigenvalue weighted by Gasteiger charge is -2.16. The van der Waals surface area contributed by atoms with Gasteiger partial charge in [-0.1, -0.05) is 0 Å². The fourth-order valence-corrected chi connectivity index (χ4v) is 1.32. The molecule has 17 heavy (non-hydrogen) atoms. The van der Waals surface area contributed by atoms with Crippen LogP contribution in [-0.2, 0) is 14.2 Å². The predicted molar refractivity (Wildman–Crippen MR) is 68.2 cm³/mol. The van der Waals surface area contributed by atoms with Crippen LogP contribution in [0.1, 0.15) is 40.5 Å². The maximum Gasteiger partial charge on any atom is 0.0704 e. The van der Waals surface area contributed by atoms with E-state index in [9.17, 15) is 0 Å². The third-order valence-corrected chi connectivity index (χ3v) is 2.40.